The number of halogens is 4. The van der Waals surface area contributed by atoms with Crippen molar-refractivity contribution in [3.05, 3.63) is 40.0 Å². The number of thiophene rings is 2. The third-order valence-electron chi connectivity index (χ3n) is 1.07. The van der Waals surface area contributed by atoms with Crippen molar-refractivity contribution in [2.24, 2.45) is 0 Å². The molecule has 0 fully saturated rings. The van der Waals surface area contributed by atoms with Gasteiger partial charge in [-0.05, 0) is 59.9 Å². The second-order valence-electron chi connectivity index (χ2n) is 2.14. The number of hydrogen-bond acceptors (Lipinski definition) is 2. The van der Waals surface area contributed by atoms with Crippen LogP contribution in [0.25, 0.3) is 0 Å². The van der Waals surface area contributed by atoms with Gasteiger partial charge in [-0.3, -0.25) is 0 Å². The van der Waals surface area contributed by atoms with E-state index in [1.165, 1.54) is 15.1 Å². The Labute approximate surface area is 121 Å². The lowest BCUT2D eigenvalue weighted by Gasteiger charge is -1.66. The van der Waals surface area contributed by atoms with Crippen molar-refractivity contribution in [3.8, 4) is 0 Å². The molecule has 0 aromatic carbocycles. The minimum Gasteiger partial charge on any atom is -0.136 e. The van der Waals surface area contributed by atoms with Crippen LogP contribution in [0.2, 0.25) is 4.34 Å². The lowest BCUT2D eigenvalue weighted by Crippen LogP contribution is -1.38. The van der Waals surface area contributed by atoms with Gasteiger partial charge in [0.1, 0.15) is 0 Å². The van der Waals surface area contributed by atoms with Crippen LogP contribution in [0.3, 0.4) is 0 Å². The van der Waals surface area contributed by atoms with Crippen LogP contribution in [0.4, 0.5) is 0 Å². The fourth-order valence-electron chi connectivity index (χ4n) is 0.578. The highest BCUT2D eigenvalue weighted by Gasteiger charge is 1.88. The zero-order valence-corrected chi connectivity index (χ0v) is 13.8. The van der Waals surface area contributed by atoms with Crippen LogP contribution in [0.15, 0.2) is 35.6 Å². The van der Waals surface area contributed by atoms with E-state index in [-0.39, 0.29) is 0 Å². The van der Waals surface area contributed by atoms with Gasteiger partial charge in [0.15, 0.2) is 0 Å². The van der Waals surface area contributed by atoms with E-state index < -0.39 is 0 Å². The van der Waals surface area contributed by atoms with Crippen LogP contribution in [-0.4, -0.2) is 0 Å². The monoisotopic (exact) mass is 436 g/mol. The summed E-state index contributed by atoms with van der Waals surface area (Å²) in [5.41, 5.74) is 0. The van der Waals surface area contributed by atoms with Gasteiger partial charge in [0.05, 0.1) is 8.12 Å². The first kappa shape index (κ1) is 13.2. The van der Waals surface area contributed by atoms with Gasteiger partial charge < -0.3 is 0 Å². The SMILES string of the molecule is Brc1csc(Br)c1.Clc1cc(Br)cs1. The maximum Gasteiger partial charge on any atom is 0.0939 e. The Morgan fingerprint density at radius 1 is 0.929 bits per heavy atom. The van der Waals surface area contributed by atoms with Crippen LogP contribution < -0.4 is 0 Å². The molecule has 0 nitrogen and oxygen atoms in total. The minimum absolute atomic E-state index is 0.826. The van der Waals surface area contributed by atoms with Gasteiger partial charge in [0.2, 0.25) is 0 Å². The highest BCUT2D eigenvalue weighted by atomic mass is 79.9. The topological polar surface area (TPSA) is 0 Å². The summed E-state index contributed by atoms with van der Waals surface area (Å²) in [4.78, 5) is 0. The molecule has 2 aromatic rings. The van der Waals surface area contributed by atoms with Crippen LogP contribution >= 0.6 is 82.1 Å². The fourth-order valence-corrected chi connectivity index (χ4v) is 4.09. The van der Waals surface area contributed by atoms with E-state index in [4.69, 9.17) is 11.6 Å². The first-order chi connectivity index (χ1) is 6.58. The molecule has 14 heavy (non-hydrogen) atoms. The van der Waals surface area contributed by atoms with E-state index in [2.05, 4.69) is 47.8 Å². The summed E-state index contributed by atoms with van der Waals surface area (Å²) >= 11 is 18.6. The molecule has 0 radical (unpaired) electrons. The van der Waals surface area contributed by atoms with Crippen molar-refractivity contribution in [2.45, 2.75) is 0 Å². The molecule has 0 atom stereocenters. The van der Waals surface area contributed by atoms with E-state index in [0.717, 1.165) is 13.3 Å². The molecular formula is C8H4Br3ClS2. The third kappa shape index (κ3) is 5.28. The normalized spacial score (nSPS) is 9.43. The lowest BCUT2D eigenvalue weighted by atomic mass is 10.7. The molecule has 0 saturated heterocycles. The highest BCUT2D eigenvalue weighted by molar-refractivity contribution is 9.11. The second kappa shape index (κ2) is 6.66. The van der Waals surface area contributed by atoms with E-state index in [9.17, 15) is 0 Å². The predicted octanol–water partition coefficient (Wildman–Crippen LogP) is 6.44. The summed E-state index contributed by atoms with van der Waals surface area (Å²) < 4.78 is 4.19. The minimum atomic E-state index is 0.826. The standard InChI is InChI=1S/C4H2Br2S.C4H2BrClS/c2*5-3-1-4(6)7-2-3/h2*1-2H. The smallest absolute Gasteiger partial charge is 0.0939 e. The molecule has 0 aliphatic rings. The maximum absolute atomic E-state index is 5.55. The summed E-state index contributed by atoms with van der Waals surface area (Å²) in [7, 11) is 0. The summed E-state index contributed by atoms with van der Waals surface area (Å²) in [6, 6.07) is 3.89. The van der Waals surface area contributed by atoms with Crippen LogP contribution in [0, 0.1) is 0 Å². The zero-order valence-electron chi connectivity index (χ0n) is 6.64. The molecule has 0 N–H and O–H groups in total. The van der Waals surface area contributed by atoms with E-state index in [1.807, 2.05) is 22.9 Å². The molecule has 76 valence electrons. The Bertz CT molecular complexity index is 325. The van der Waals surface area contributed by atoms with E-state index in [1.54, 1.807) is 11.3 Å². The Kier molecular flexibility index (Phi) is 6.27. The summed E-state index contributed by atoms with van der Waals surface area (Å²) in [5.74, 6) is 0. The largest absolute Gasteiger partial charge is 0.136 e. The van der Waals surface area contributed by atoms with E-state index >= 15 is 0 Å². The van der Waals surface area contributed by atoms with Gasteiger partial charge in [0.25, 0.3) is 0 Å². The van der Waals surface area contributed by atoms with Crippen molar-refractivity contribution in [1.82, 2.24) is 0 Å². The van der Waals surface area contributed by atoms with Gasteiger partial charge in [-0.1, -0.05) is 11.6 Å². The zero-order chi connectivity index (χ0) is 10.6. The molecule has 0 saturated carbocycles. The third-order valence-corrected chi connectivity index (χ3v) is 5.19. The van der Waals surface area contributed by atoms with Gasteiger partial charge in [-0.15, -0.1) is 22.7 Å². The maximum atomic E-state index is 5.55. The number of hydrogen-bond donors (Lipinski definition) is 0. The van der Waals surface area contributed by atoms with Gasteiger partial charge in [-0.25, -0.2) is 0 Å². The molecule has 0 aliphatic carbocycles. The van der Waals surface area contributed by atoms with Crippen molar-refractivity contribution in [2.75, 3.05) is 0 Å². The first-order valence-electron chi connectivity index (χ1n) is 3.37. The Balaban J connectivity index is 0.000000140. The molecule has 0 spiro atoms. The quantitative estimate of drug-likeness (QED) is 0.443. The van der Waals surface area contributed by atoms with Gasteiger partial charge >= 0.3 is 0 Å². The molecule has 0 aliphatic heterocycles. The molecule has 2 rings (SSSR count). The fraction of sp³-hybridized carbons (Fsp3) is 0. The average Bonchev–Trinajstić information content (AvgIpc) is 2.63. The average molecular weight is 439 g/mol. The van der Waals surface area contributed by atoms with Crippen molar-refractivity contribution in [3.63, 3.8) is 0 Å². The molecule has 2 heterocycles. The Morgan fingerprint density at radius 2 is 1.50 bits per heavy atom. The predicted molar refractivity (Wildman–Crippen MR) is 76.7 cm³/mol. The van der Waals surface area contributed by atoms with Crippen molar-refractivity contribution < 1.29 is 0 Å². The summed E-state index contributed by atoms with van der Waals surface area (Å²) in [6.07, 6.45) is 0. The van der Waals surface area contributed by atoms with Crippen LogP contribution in [-0.2, 0) is 0 Å². The van der Waals surface area contributed by atoms with Crippen molar-refractivity contribution in [1.29, 1.82) is 0 Å². The summed E-state index contributed by atoms with van der Waals surface area (Å²) in [6.45, 7) is 0. The summed E-state index contributed by atoms with van der Waals surface area (Å²) in [5, 5.41) is 3.98. The second-order valence-corrected chi connectivity index (χ2v) is 7.80. The molecule has 6 heteroatoms. The van der Waals surface area contributed by atoms with Crippen LogP contribution in [0.1, 0.15) is 0 Å². The lowest BCUT2D eigenvalue weighted by molar-refractivity contribution is 1.86. The highest BCUT2D eigenvalue weighted by Crippen LogP contribution is 2.24. The first-order valence-corrected chi connectivity index (χ1v) is 7.88. The Morgan fingerprint density at radius 3 is 1.64 bits per heavy atom. The Hall–Kier alpha value is 1.13. The molecule has 0 amide bonds. The van der Waals surface area contributed by atoms with E-state index in [0.29, 0.717) is 0 Å². The van der Waals surface area contributed by atoms with Crippen molar-refractivity contribution >= 4 is 82.1 Å². The van der Waals surface area contributed by atoms with Crippen LogP contribution in [0.5, 0.6) is 0 Å². The molecule has 0 bridgehead atoms. The van der Waals surface area contributed by atoms with Gasteiger partial charge in [0, 0.05) is 19.7 Å². The molecule has 0 unspecified atom stereocenters. The van der Waals surface area contributed by atoms with Gasteiger partial charge in [-0.2, -0.15) is 0 Å². The number of rotatable bonds is 0. The molecular weight excluding hydrogens is 435 g/mol. The molecule has 2 aromatic heterocycles.